The molecule has 0 saturated heterocycles. The van der Waals surface area contributed by atoms with Crippen LogP contribution < -0.4 is 0 Å². The molecular formula is C28H46F18O6P2S2. The molecule has 342 valence electrons. The van der Waals surface area contributed by atoms with Crippen molar-refractivity contribution in [3.05, 3.63) is 0 Å². The number of unbranched alkanes of at least 4 members (excludes halogenated alkanes) is 5. The van der Waals surface area contributed by atoms with Gasteiger partial charge in [-0.3, -0.25) is 0 Å². The van der Waals surface area contributed by atoms with Crippen LogP contribution in [0.15, 0.2) is 0 Å². The van der Waals surface area contributed by atoms with E-state index in [1.165, 1.54) is 0 Å². The summed E-state index contributed by atoms with van der Waals surface area (Å²) >= 11 is 0. The first-order valence-corrected chi connectivity index (χ1v) is 23.7. The van der Waals surface area contributed by atoms with E-state index in [1.54, 1.807) is 34.6 Å². The third-order valence-electron chi connectivity index (χ3n) is 8.28. The Morgan fingerprint density at radius 1 is 0.429 bits per heavy atom. The van der Waals surface area contributed by atoms with Crippen molar-refractivity contribution in [3.63, 3.8) is 0 Å². The quantitative estimate of drug-likeness (QED) is 0.0515. The molecule has 56 heavy (non-hydrogen) atoms. The van der Waals surface area contributed by atoms with Gasteiger partial charge in [-0.05, 0) is 12.6 Å². The first-order chi connectivity index (χ1) is 24.8. The van der Waals surface area contributed by atoms with Crippen molar-refractivity contribution in [1.29, 1.82) is 0 Å². The molecule has 0 fully saturated rings. The van der Waals surface area contributed by atoms with E-state index in [2.05, 4.69) is 3.97 Å². The average Bonchev–Trinajstić information content (AvgIpc) is 3.05. The van der Waals surface area contributed by atoms with Crippen LogP contribution in [0, 0.1) is 0 Å². The molecule has 0 aliphatic heterocycles. The van der Waals surface area contributed by atoms with E-state index in [0.29, 0.717) is 57.8 Å². The molecular weight excluding hydrogens is 900 g/mol. The van der Waals surface area contributed by atoms with E-state index < -0.39 is 82.4 Å². The molecule has 0 rings (SSSR count). The zero-order chi connectivity index (χ0) is 45.2. The third-order valence-corrected chi connectivity index (χ3v) is 20.2. The number of alkyl halides is 18. The van der Waals surface area contributed by atoms with Crippen molar-refractivity contribution in [1.82, 2.24) is 0 Å². The molecule has 6 nitrogen and oxygen atoms in total. The van der Waals surface area contributed by atoms with Crippen LogP contribution in [0.4, 0.5) is 79.0 Å². The van der Waals surface area contributed by atoms with E-state index in [4.69, 9.17) is 3.97 Å². The molecule has 0 N–H and O–H groups in total. The van der Waals surface area contributed by atoms with Crippen molar-refractivity contribution < 1.29 is 104 Å². The van der Waals surface area contributed by atoms with Crippen LogP contribution in [0.5, 0.6) is 0 Å². The molecule has 1 atom stereocenters. The summed E-state index contributed by atoms with van der Waals surface area (Å²) in [6.07, 6.45) is -10.7. The Bertz CT molecular complexity index is 1380. The normalized spacial score (nSPS) is 15.8. The molecule has 0 aromatic heterocycles. The minimum atomic E-state index is -7.31. The Labute approximate surface area is 315 Å². The number of halogens is 18. The average molecular weight is 947 g/mol. The molecule has 0 spiro atoms. The molecule has 0 bridgehead atoms. The fourth-order valence-electron chi connectivity index (χ4n) is 4.83. The Morgan fingerprint density at radius 2 is 0.696 bits per heavy atom. The van der Waals surface area contributed by atoms with Gasteiger partial charge < -0.3 is 0 Å². The van der Waals surface area contributed by atoms with Crippen LogP contribution in [0.2, 0.25) is 0 Å². The van der Waals surface area contributed by atoms with Gasteiger partial charge in [-0.25, -0.2) is 3.97 Å². The van der Waals surface area contributed by atoms with E-state index in [9.17, 15) is 95.9 Å². The third kappa shape index (κ3) is 12.3. The van der Waals surface area contributed by atoms with Crippen LogP contribution in [-0.4, -0.2) is 94.2 Å². The second-order valence-corrected chi connectivity index (χ2v) is 23.2. The zero-order valence-corrected chi connectivity index (χ0v) is 34.2. The summed E-state index contributed by atoms with van der Waals surface area (Å²) in [6, 6.07) is 0. The van der Waals surface area contributed by atoms with Gasteiger partial charge >= 0.3 is 229 Å². The Balaban J connectivity index is 0. The maximum atomic E-state index is 14.6. The molecule has 0 heterocycles. The van der Waals surface area contributed by atoms with E-state index in [1.807, 2.05) is 0 Å². The summed E-state index contributed by atoms with van der Waals surface area (Å²) < 4.78 is 289. The van der Waals surface area contributed by atoms with Crippen LogP contribution >= 0.6 is 15.6 Å². The molecule has 0 aliphatic rings. The van der Waals surface area contributed by atoms with E-state index in [0.717, 1.165) is 0 Å². The number of hydrogen-bond acceptors (Lipinski definition) is 6. The summed E-state index contributed by atoms with van der Waals surface area (Å²) in [7, 11) is -14.9. The minimum absolute atomic E-state index is 0.0291. The smallest absolute Gasteiger partial charge is 0.246 e. The van der Waals surface area contributed by atoms with Crippen LogP contribution in [0.25, 0.3) is 0 Å². The SMILES string of the molecule is CCCCP(CCCC)(CCCC)(CCCC)OS(=O)(=O)C(F)(F)C(F)(F)C(F)(F)C(F)(F)F.CCCCPOS(=O)(=O)C(F)(F)C(F)(F)C(F)(F)C(F)(F)F. The van der Waals surface area contributed by atoms with Gasteiger partial charge in [0.15, 0.2) is 0 Å². The topological polar surface area (TPSA) is 86.7 Å². The van der Waals surface area contributed by atoms with Crippen molar-refractivity contribution in [2.24, 2.45) is 0 Å². The minimum Gasteiger partial charge on any atom is -0.246 e. The predicted octanol–water partition coefficient (Wildman–Crippen LogP) is 12.6. The van der Waals surface area contributed by atoms with Gasteiger partial charge in [-0.2, -0.15) is 47.9 Å². The molecule has 0 radical (unpaired) electrons. The fourth-order valence-corrected chi connectivity index (χ4v) is 17.2. The molecule has 0 aromatic rings. The second-order valence-electron chi connectivity index (χ2n) is 12.8. The summed E-state index contributed by atoms with van der Waals surface area (Å²) in [5, 5.41) is -13.6. The van der Waals surface area contributed by atoms with Crippen molar-refractivity contribution in [3.8, 4) is 0 Å². The fraction of sp³-hybridized carbons (Fsp3) is 1.00. The Morgan fingerprint density at radius 3 is 0.946 bits per heavy atom. The molecule has 0 amide bonds. The van der Waals surface area contributed by atoms with Gasteiger partial charge in [-0.15, -0.1) is 0 Å². The van der Waals surface area contributed by atoms with Gasteiger partial charge in [-0.1, -0.05) is 13.3 Å². The van der Waals surface area contributed by atoms with Gasteiger partial charge in [0.2, 0.25) is 0 Å². The molecule has 0 aliphatic carbocycles. The maximum Gasteiger partial charge on any atom is 0.460 e. The van der Waals surface area contributed by atoms with Crippen molar-refractivity contribution >= 4 is 35.9 Å². The van der Waals surface area contributed by atoms with E-state index >= 15 is 0 Å². The maximum absolute atomic E-state index is 14.6. The molecule has 0 saturated carbocycles. The van der Waals surface area contributed by atoms with Gasteiger partial charge in [0.05, 0.1) is 0 Å². The summed E-state index contributed by atoms with van der Waals surface area (Å²) in [4.78, 5) is 0. The van der Waals surface area contributed by atoms with E-state index in [-0.39, 0.29) is 37.2 Å². The van der Waals surface area contributed by atoms with Crippen LogP contribution in [0.3, 0.4) is 0 Å². The monoisotopic (exact) mass is 946 g/mol. The van der Waals surface area contributed by atoms with Crippen LogP contribution in [0.1, 0.15) is 98.8 Å². The Kier molecular flexibility index (Phi) is 20.9. The van der Waals surface area contributed by atoms with Gasteiger partial charge in [0, 0.05) is 8.81 Å². The molecule has 1 unspecified atom stereocenters. The number of hydrogen-bond donors (Lipinski definition) is 0. The summed E-state index contributed by atoms with van der Waals surface area (Å²) in [6.45, 7) is 4.22. The summed E-state index contributed by atoms with van der Waals surface area (Å²) in [5.41, 5.74) is 0. The number of rotatable bonds is 25. The first-order valence-electron chi connectivity index (χ1n) is 16.9. The standard InChI is InChI=1S/C20H36F9O3PS.C8H10F9O3PS/c1-5-9-13-33(14-10-6-2,15-11-7-3,16-12-8-4)32-34(30,31)20(28,29)18(23,24)17(21,22)19(25,26)27;1-2-3-4-21-20-22(18,19)8(16,17)6(11,12)5(9,10)7(13,14)15/h5-16H2,1-4H3;21H,2-4H2,1H3. The van der Waals surface area contributed by atoms with Gasteiger partial charge in [0.25, 0.3) is 0 Å². The van der Waals surface area contributed by atoms with Crippen molar-refractivity contribution in [2.75, 3.05) is 30.8 Å². The first kappa shape index (κ1) is 57.5. The predicted molar refractivity (Wildman–Crippen MR) is 176 cm³/mol. The molecule has 28 heteroatoms. The van der Waals surface area contributed by atoms with Gasteiger partial charge in [0.1, 0.15) is 0 Å². The second kappa shape index (κ2) is 20.3. The van der Waals surface area contributed by atoms with Crippen molar-refractivity contribution in [2.45, 2.75) is 145 Å². The Hall–Kier alpha value is -0.580. The molecule has 0 aromatic carbocycles. The van der Waals surface area contributed by atoms with Crippen LogP contribution in [-0.2, 0) is 28.2 Å². The largest absolute Gasteiger partial charge is 0.460 e. The summed E-state index contributed by atoms with van der Waals surface area (Å²) in [5.74, 6) is -29.1. The zero-order valence-electron chi connectivity index (χ0n) is 30.6.